The summed E-state index contributed by atoms with van der Waals surface area (Å²) in [5.74, 6) is 1.47. The van der Waals surface area contributed by atoms with Gasteiger partial charge in [-0.05, 0) is 18.1 Å². The largest absolute Gasteiger partial charge is 0.327 e. The van der Waals surface area contributed by atoms with E-state index in [2.05, 4.69) is 37.0 Å². The van der Waals surface area contributed by atoms with Crippen LogP contribution in [0.3, 0.4) is 0 Å². The molecule has 2 aromatic rings. The zero-order valence-electron chi connectivity index (χ0n) is 9.92. The van der Waals surface area contributed by atoms with Gasteiger partial charge in [-0.25, -0.2) is 4.98 Å². The number of aromatic nitrogens is 1. The number of thioether (sulfide) groups is 1. The van der Waals surface area contributed by atoms with Crippen LogP contribution in [0.25, 0.3) is 10.2 Å². The Morgan fingerprint density at radius 2 is 2.06 bits per heavy atom. The van der Waals surface area contributed by atoms with Gasteiger partial charge in [-0.15, -0.1) is 23.7 Å². The zero-order chi connectivity index (χ0) is 11.5. The first kappa shape index (κ1) is 14.8. The van der Waals surface area contributed by atoms with Crippen molar-refractivity contribution < 1.29 is 0 Å². The van der Waals surface area contributed by atoms with Crippen LogP contribution in [0.4, 0.5) is 0 Å². The second-order valence-electron chi connectivity index (χ2n) is 4.17. The molecule has 0 aliphatic heterocycles. The Bertz CT molecular complexity index is 437. The third-order valence-electron chi connectivity index (χ3n) is 2.53. The molecule has 1 unspecified atom stereocenters. The Kier molecular flexibility index (Phi) is 5.73. The van der Waals surface area contributed by atoms with Crippen LogP contribution in [0.2, 0.25) is 0 Å². The molecule has 0 aliphatic carbocycles. The van der Waals surface area contributed by atoms with Crippen LogP contribution in [0.1, 0.15) is 13.8 Å². The molecule has 0 amide bonds. The highest BCUT2D eigenvalue weighted by atomic mass is 35.5. The van der Waals surface area contributed by atoms with Crippen LogP contribution < -0.4 is 5.73 Å². The van der Waals surface area contributed by atoms with Crippen molar-refractivity contribution >= 4 is 45.7 Å². The molecule has 0 saturated heterocycles. The minimum absolute atomic E-state index is 0. The van der Waals surface area contributed by atoms with Gasteiger partial charge >= 0.3 is 0 Å². The minimum Gasteiger partial charge on any atom is -0.327 e. The van der Waals surface area contributed by atoms with E-state index in [9.17, 15) is 0 Å². The summed E-state index contributed by atoms with van der Waals surface area (Å²) in [5.41, 5.74) is 7.11. The van der Waals surface area contributed by atoms with Crippen molar-refractivity contribution in [3.63, 3.8) is 0 Å². The zero-order valence-corrected chi connectivity index (χ0v) is 12.4. The van der Waals surface area contributed by atoms with Crippen molar-refractivity contribution in [2.24, 2.45) is 11.7 Å². The molecule has 0 spiro atoms. The van der Waals surface area contributed by atoms with Gasteiger partial charge in [0.1, 0.15) is 0 Å². The van der Waals surface area contributed by atoms with Gasteiger partial charge in [0.25, 0.3) is 0 Å². The fourth-order valence-corrected chi connectivity index (χ4v) is 3.56. The Hall–Kier alpha value is -0.290. The van der Waals surface area contributed by atoms with Gasteiger partial charge < -0.3 is 5.73 Å². The molecule has 1 aromatic heterocycles. The number of nitrogens with two attached hydrogens (primary N) is 1. The standard InChI is InChI=1S/C12H16N2S2.ClH/c1-8(2)9(13)7-15-12-14-10-5-3-4-6-11(10)16-12;/h3-6,8-9H,7,13H2,1-2H3;1H. The number of rotatable bonds is 4. The van der Waals surface area contributed by atoms with E-state index in [1.54, 1.807) is 23.1 Å². The van der Waals surface area contributed by atoms with Crippen LogP contribution >= 0.6 is 35.5 Å². The normalized spacial score (nSPS) is 12.7. The molecule has 2 N–H and O–H groups in total. The van der Waals surface area contributed by atoms with Crippen LogP contribution in [0.5, 0.6) is 0 Å². The summed E-state index contributed by atoms with van der Waals surface area (Å²) >= 11 is 3.51. The lowest BCUT2D eigenvalue weighted by atomic mass is 10.1. The van der Waals surface area contributed by atoms with E-state index in [4.69, 9.17) is 5.73 Å². The SMILES string of the molecule is CC(C)C(N)CSc1nc2ccccc2s1.Cl. The highest BCUT2D eigenvalue weighted by Gasteiger charge is 2.10. The van der Waals surface area contributed by atoms with Crippen molar-refractivity contribution in [1.82, 2.24) is 4.98 Å². The van der Waals surface area contributed by atoms with E-state index in [1.165, 1.54) is 4.70 Å². The maximum atomic E-state index is 6.01. The van der Waals surface area contributed by atoms with Crippen molar-refractivity contribution in [2.75, 3.05) is 5.75 Å². The molecule has 1 atom stereocenters. The Morgan fingerprint density at radius 1 is 1.35 bits per heavy atom. The van der Waals surface area contributed by atoms with E-state index < -0.39 is 0 Å². The molecule has 2 rings (SSSR count). The number of hydrogen-bond donors (Lipinski definition) is 1. The van der Waals surface area contributed by atoms with Crippen molar-refractivity contribution in [3.8, 4) is 0 Å². The topological polar surface area (TPSA) is 38.9 Å². The van der Waals surface area contributed by atoms with Gasteiger partial charge in [0.2, 0.25) is 0 Å². The Labute approximate surface area is 116 Å². The summed E-state index contributed by atoms with van der Waals surface area (Å²) in [6.07, 6.45) is 0. The molecule has 0 bridgehead atoms. The van der Waals surface area contributed by atoms with E-state index in [-0.39, 0.29) is 18.4 Å². The molecular formula is C12H17ClN2S2. The number of thiazole rings is 1. The number of fused-ring (bicyclic) bond motifs is 1. The lowest BCUT2D eigenvalue weighted by molar-refractivity contribution is 0.535. The smallest absolute Gasteiger partial charge is 0.151 e. The van der Waals surface area contributed by atoms with Crippen molar-refractivity contribution in [1.29, 1.82) is 0 Å². The highest BCUT2D eigenvalue weighted by Crippen LogP contribution is 2.29. The first-order valence-electron chi connectivity index (χ1n) is 5.41. The molecule has 0 radical (unpaired) electrons. The monoisotopic (exact) mass is 288 g/mol. The minimum atomic E-state index is 0. The molecule has 17 heavy (non-hydrogen) atoms. The van der Waals surface area contributed by atoms with Gasteiger partial charge in [0.05, 0.1) is 10.2 Å². The summed E-state index contributed by atoms with van der Waals surface area (Å²) in [7, 11) is 0. The average molecular weight is 289 g/mol. The number of benzene rings is 1. The Balaban J connectivity index is 0.00000144. The predicted molar refractivity (Wildman–Crippen MR) is 80.4 cm³/mol. The summed E-state index contributed by atoms with van der Waals surface area (Å²) in [4.78, 5) is 4.57. The van der Waals surface area contributed by atoms with E-state index in [0.717, 1.165) is 15.6 Å². The molecule has 0 fully saturated rings. The quantitative estimate of drug-likeness (QED) is 0.870. The number of hydrogen-bond acceptors (Lipinski definition) is 4. The summed E-state index contributed by atoms with van der Waals surface area (Å²) in [6, 6.07) is 8.49. The van der Waals surface area contributed by atoms with Gasteiger partial charge in [-0.2, -0.15) is 0 Å². The van der Waals surface area contributed by atoms with Crippen LogP contribution in [0, 0.1) is 5.92 Å². The molecule has 0 saturated carbocycles. The second kappa shape index (κ2) is 6.59. The summed E-state index contributed by atoms with van der Waals surface area (Å²) in [6.45, 7) is 4.31. The molecule has 0 aliphatic rings. The Morgan fingerprint density at radius 3 is 2.71 bits per heavy atom. The third kappa shape index (κ3) is 3.85. The predicted octanol–water partition coefficient (Wildman–Crippen LogP) is 3.79. The molecule has 1 aromatic carbocycles. The number of para-hydroxylation sites is 1. The van der Waals surface area contributed by atoms with Crippen molar-refractivity contribution in [3.05, 3.63) is 24.3 Å². The first-order chi connectivity index (χ1) is 7.66. The first-order valence-corrected chi connectivity index (χ1v) is 7.21. The summed E-state index contributed by atoms with van der Waals surface area (Å²) < 4.78 is 2.38. The van der Waals surface area contributed by atoms with Crippen LogP contribution in [-0.2, 0) is 0 Å². The maximum absolute atomic E-state index is 6.01. The van der Waals surface area contributed by atoms with Gasteiger partial charge in [0.15, 0.2) is 4.34 Å². The number of nitrogens with zero attached hydrogens (tertiary/aromatic N) is 1. The van der Waals surface area contributed by atoms with Crippen LogP contribution in [-0.4, -0.2) is 16.8 Å². The molecule has 5 heteroatoms. The highest BCUT2D eigenvalue weighted by molar-refractivity contribution is 8.01. The number of halogens is 1. The van der Waals surface area contributed by atoms with Crippen molar-refractivity contribution in [2.45, 2.75) is 24.2 Å². The van der Waals surface area contributed by atoms with Gasteiger partial charge in [-0.1, -0.05) is 37.7 Å². The fraction of sp³-hybridized carbons (Fsp3) is 0.417. The molecule has 94 valence electrons. The fourth-order valence-electron chi connectivity index (χ4n) is 1.27. The van der Waals surface area contributed by atoms with Gasteiger partial charge in [-0.3, -0.25) is 0 Å². The average Bonchev–Trinajstić information content (AvgIpc) is 2.68. The lowest BCUT2D eigenvalue weighted by Crippen LogP contribution is -2.28. The molecular weight excluding hydrogens is 272 g/mol. The molecule has 2 nitrogen and oxygen atoms in total. The van der Waals surface area contributed by atoms with E-state index in [0.29, 0.717) is 5.92 Å². The maximum Gasteiger partial charge on any atom is 0.151 e. The second-order valence-corrected chi connectivity index (χ2v) is 6.46. The lowest BCUT2D eigenvalue weighted by Gasteiger charge is -2.13. The van der Waals surface area contributed by atoms with E-state index in [1.807, 2.05) is 6.07 Å². The van der Waals surface area contributed by atoms with Gasteiger partial charge in [0, 0.05) is 11.8 Å². The third-order valence-corrected chi connectivity index (χ3v) is 4.85. The summed E-state index contributed by atoms with van der Waals surface area (Å²) in [5, 5.41) is 0. The van der Waals surface area contributed by atoms with Crippen LogP contribution in [0.15, 0.2) is 28.6 Å². The molecule has 1 heterocycles. The van der Waals surface area contributed by atoms with E-state index >= 15 is 0 Å².